The number of alkyl halides is 2. The third-order valence-corrected chi connectivity index (χ3v) is 8.62. The standard InChI is InChI=1S/C15H23N3O.C12H18N2.C8H17N3O.C3H5NO.CH2Cl2.ClH/c1-2-16-15(19)17-14-8-10-18(11-9-14)12-13-6-4-3-5-7-13;13-12-6-8-14(9-7-12)10-11-4-2-1-3-5-11;1-2-10-8(12)11-7-3-5-9-6-4-7;1-2-4-3-5;2-1-3;/h3-7,14H,2,8-12H2,1H3,(H2,16,17,19);1-5,12H,6-10,13H2;7,9H,2-6H2,1H3,(H2,10,11,12);2H2,1H3;1H2;1H. The number of halogens is 3. The van der Waals surface area contributed by atoms with E-state index in [-0.39, 0.29) is 29.8 Å². The number of carbonyl (C=O) groups excluding carboxylic acids is 3. The fourth-order valence-corrected chi connectivity index (χ4v) is 5.85. The van der Waals surface area contributed by atoms with Crippen LogP contribution in [0.3, 0.4) is 0 Å². The summed E-state index contributed by atoms with van der Waals surface area (Å²) in [6.45, 7) is 16.1. The lowest BCUT2D eigenvalue weighted by molar-refractivity contribution is 0.187. The van der Waals surface area contributed by atoms with Gasteiger partial charge in [-0.3, -0.25) is 9.80 Å². The average Bonchev–Trinajstić information content (AvgIpc) is 3.16. The average molecular weight is 815 g/mol. The largest absolute Gasteiger partial charge is 0.338 e. The molecule has 0 aliphatic carbocycles. The van der Waals surface area contributed by atoms with Crippen LogP contribution in [0.1, 0.15) is 70.4 Å². The van der Waals surface area contributed by atoms with E-state index in [9.17, 15) is 9.59 Å². The van der Waals surface area contributed by atoms with Crippen LogP contribution in [0.15, 0.2) is 65.7 Å². The quantitative estimate of drug-likeness (QED) is 0.106. The third kappa shape index (κ3) is 26.8. The molecule has 0 unspecified atom stereocenters. The molecule has 0 saturated carbocycles. The van der Waals surface area contributed by atoms with E-state index in [1.165, 1.54) is 17.2 Å². The van der Waals surface area contributed by atoms with E-state index < -0.39 is 0 Å². The molecule has 0 spiro atoms. The van der Waals surface area contributed by atoms with Crippen molar-refractivity contribution in [3.63, 3.8) is 0 Å². The molecule has 0 aromatic heterocycles. The lowest BCUT2D eigenvalue weighted by atomic mass is 10.0. The van der Waals surface area contributed by atoms with Crippen molar-refractivity contribution in [3.05, 3.63) is 71.8 Å². The summed E-state index contributed by atoms with van der Waals surface area (Å²) in [6, 6.07) is 22.2. The van der Waals surface area contributed by atoms with E-state index in [2.05, 4.69) is 96.0 Å². The maximum atomic E-state index is 11.4. The number of nitrogens with zero attached hydrogens (tertiary/aromatic N) is 3. The number of rotatable bonds is 9. The van der Waals surface area contributed by atoms with E-state index in [0.29, 0.717) is 37.8 Å². The Hall–Kier alpha value is -2.93. The van der Waals surface area contributed by atoms with Crippen molar-refractivity contribution in [3.8, 4) is 0 Å². The summed E-state index contributed by atoms with van der Waals surface area (Å²) in [6.07, 6.45) is 7.82. The number of hydrogen-bond acceptors (Lipinski definition) is 8. The predicted octanol–water partition coefficient (Wildman–Crippen LogP) is 5.82. The number of urea groups is 2. The van der Waals surface area contributed by atoms with Crippen LogP contribution in [0.25, 0.3) is 0 Å². The zero-order chi connectivity index (χ0) is 38.9. The first-order chi connectivity index (χ1) is 25.8. The molecule has 0 bridgehead atoms. The van der Waals surface area contributed by atoms with Crippen LogP contribution in [-0.2, 0) is 17.9 Å². The molecule has 2 aromatic carbocycles. The van der Waals surface area contributed by atoms with Crippen LogP contribution in [0.2, 0.25) is 0 Å². The van der Waals surface area contributed by atoms with Gasteiger partial charge in [-0.05, 0) is 96.6 Å². The Morgan fingerprint density at radius 2 is 1.13 bits per heavy atom. The van der Waals surface area contributed by atoms with Crippen molar-refractivity contribution in [1.29, 1.82) is 0 Å². The Bertz CT molecular complexity index is 1230. The highest BCUT2D eigenvalue weighted by Gasteiger charge is 2.20. The zero-order valence-electron chi connectivity index (χ0n) is 32.5. The fourth-order valence-electron chi connectivity index (χ4n) is 5.85. The second kappa shape index (κ2) is 34.6. The molecular formula is C39H66Cl3N9O3. The van der Waals surface area contributed by atoms with E-state index in [0.717, 1.165) is 90.9 Å². The molecule has 0 radical (unpaired) electrons. The maximum absolute atomic E-state index is 11.4. The van der Waals surface area contributed by atoms with Gasteiger partial charge in [-0.2, -0.15) is 0 Å². The second-order valence-corrected chi connectivity index (χ2v) is 13.6. The van der Waals surface area contributed by atoms with E-state index in [1.54, 1.807) is 6.92 Å². The van der Waals surface area contributed by atoms with Gasteiger partial charge < -0.3 is 32.3 Å². The minimum Gasteiger partial charge on any atom is -0.338 e. The van der Waals surface area contributed by atoms with Crippen LogP contribution in [0.4, 0.5) is 9.59 Å². The summed E-state index contributed by atoms with van der Waals surface area (Å²) in [5, 5.41) is 14.9. The topological polar surface area (TPSA) is 156 Å². The lowest BCUT2D eigenvalue weighted by Gasteiger charge is -2.32. The number of nitrogens with two attached hydrogens (primary N) is 1. The minimum atomic E-state index is -0.0380. The number of likely N-dealkylation sites (tertiary alicyclic amines) is 2. The van der Waals surface area contributed by atoms with Gasteiger partial charge in [-0.1, -0.05) is 60.7 Å². The number of aliphatic imine (C=N–C) groups is 1. The molecule has 4 amide bonds. The number of benzene rings is 2. The molecule has 2 aromatic rings. The van der Waals surface area contributed by atoms with Gasteiger partial charge in [0.05, 0.1) is 5.34 Å². The molecular weight excluding hydrogens is 749 g/mol. The van der Waals surface area contributed by atoms with Gasteiger partial charge >= 0.3 is 12.1 Å². The first kappa shape index (κ1) is 51.1. The molecule has 12 nitrogen and oxygen atoms in total. The number of isocyanates is 1. The Morgan fingerprint density at radius 1 is 0.741 bits per heavy atom. The third-order valence-electron chi connectivity index (χ3n) is 8.62. The molecule has 5 rings (SSSR count). The molecule has 306 valence electrons. The molecule has 3 aliphatic heterocycles. The summed E-state index contributed by atoms with van der Waals surface area (Å²) in [7, 11) is 0. The Labute approximate surface area is 340 Å². The maximum Gasteiger partial charge on any atom is 0.314 e. The normalized spacial score (nSPS) is 16.2. The molecule has 54 heavy (non-hydrogen) atoms. The molecule has 7 N–H and O–H groups in total. The fraction of sp³-hybridized carbons (Fsp3) is 0.615. The molecule has 3 heterocycles. The van der Waals surface area contributed by atoms with Gasteiger partial charge in [-0.25, -0.2) is 19.4 Å². The number of nitrogens with one attached hydrogen (secondary N) is 5. The van der Waals surface area contributed by atoms with Crippen LogP contribution >= 0.6 is 35.6 Å². The van der Waals surface area contributed by atoms with Crippen molar-refractivity contribution < 1.29 is 14.4 Å². The number of piperidine rings is 3. The Morgan fingerprint density at radius 3 is 1.48 bits per heavy atom. The summed E-state index contributed by atoms with van der Waals surface area (Å²) in [4.78, 5) is 39.7. The molecule has 3 saturated heterocycles. The van der Waals surface area contributed by atoms with Gasteiger partial charge in [0, 0.05) is 63.9 Å². The van der Waals surface area contributed by atoms with Crippen molar-refractivity contribution in [2.75, 3.05) is 64.2 Å². The number of carbonyl (C=O) groups is 2. The van der Waals surface area contributed by atoms with Gasteiger partial charge in [0.15, 0.2) is 0 Å². The highest BCUT2D eigenvalue weighted by atomic mass is 35.5. The van der Waals surface area contributed by atoms with Gasteiger partial charge in [0.25, 0.3) is 0 Å². The van der Waals surface area contributed by atoms with Gasteiger partial charge in [0.2, 0.25) is 6.08 Å². The van der Waals surface area contributed by atoms with Gasteiger partial charge in [0.1, 0.15) is 0 Å². The Balaban J connectivity index is 0.000000717. The summed E-state index contributed by atoms with van der Waals surface area (Å²) in [5.74, 6) is 0. The van der Waals surface area contributed by atoms with Crippen molar-refractivity contribution in [2.24, 2.45) is 10.7 Å². The summed E-state index contributed by atoms with van der Waals surface area (Å²) >= 11 is 9.53. The van der Waals surface area contributed by atoms with E-state index in [1.807, 2.05) is 19.9 Å². The van der Waals surface area contributed by atoms with Crippen molar-refractivity contribution in [2.45, 2.75) is 90.5 Å². The number of hydrogen-bond donors (Lipinski definition) is 6. The highest BCUT2D eigenvalue weighted by Crippen LogP contribution is 2.14. The summed E-state index contributed by atoms with van der Waals surface area (Å²) < 4.78 is 0. The van der Waals surface area contributed by atoms with Crippen LogP contribution in [-0.4, -0.2) is 110 Å². The zero-order valence-corrected chi connectivity index (χ0v) is 34.9. The first-order valence-corrected chi connectivity index (χ1v) is 20.1. The van der Waals surface area contributed by atoms with E-state index >= 15 is 0 Å². The molecule has 15 heteroatoms. The van der Waals surface area contributed by atoms with Crippen LogP contribution < -0.4 is 32.3 Å². The SMILES string of the molecule is CCN=C=O.CCNC(=O)NC1CCN(Cc2ccccc2)CC1.CCNC(=O)NC1CCNCC1.Cl.ClCCl.NC1CCN(Cc2ccccc2)CC1. The van der Waals surface area contributed by atoms with Crippen LogP contribution in [0, 0.1) is 0 Å². The van der Waals surface area contributed by atoms with Crippen molar-refractivity contribution >= 4 is 53.8 Å². The Kier molecular flexibility index (Phi) is 32.7. The van der Waals surface area contributed by atoms with Crippen LogP contribution in [0.5, 0.6) is 0 Å². The molecule has 0 atom stereocenters. The lowest BCUT2D eigenvalue weighted by Crippen LogP contribution is -2.47. The second-order valence-electron chi connectivity index (χ2n) is 12.8. The monoisotopic (exact) mass is 813 g/mol. The highest BCUT2D eigenvalue weighted by molar-refractivity contribution is 6.40. The first-order valence-electron chi connectivity index (χ1n) is 19.0. The predicted molar refractivity (Wildman–Crippen MR) is 226 cm³/mol. The molecule has 3 fully saturated rings. The summed E-state index contributed by atoms with van der Waals surface area (Å²) in [5.41, 5.74) is 8.63. The molecule has 3 aliphatic rings. The van der Waals surface area contributed by atoms with Gasteiger partial charge in [-0.15, -0.1) is 35.6 Å². The van der Waals surface area contributed by atoms with E-state index in [4.69, 9.17) is 33.7 Å². The smallest absolute Gasteiger partial charge is 0.314 e. The minimum absolute atomic E-state index is 0. The number of amides is 4. The van der Waals surface area contributed by atoms with Crippen molar-refractivity contribution in [1.82, 2.24) is 36.4 Å².